The van der Waals surface area contributed by atoms with Gasteiger partial charge in [0.15, 0.2) is 5.78 Å². The van der Waals surface area contributed by atoms with Crippen molar-refractivity contribution in [3.63, 3.8) is 0 Å². The molecule has 1 aliphatic rings. The van der Waals surface area contributed by atoms with Crippen LogP contribution in [0.3, 0.4) is 0 Å². The van der Waals surface area contributed by atoms with Gasteiger partial charge < -0.3 is 4.74 Å². The summed E-state index contributed by atoms with van der Waals surface area (Å²) in [4.78, 5) is 14.5. The Morgan fingerprint density at radius 2 is 2.18 bits per heavy atom. The van der Waals surface area contributed by atoms with Crippen molar-refractivity contribution in [1.82, 2.24) is 4.90 Å². The zero-order valence-electron chi connectivity index (χ0n) is 10.3. The lowest BCUT2D eigenvalue weighted by molar-refractivity contribution is -0.0163. The number of hydrogen-bond acceptors (Lipinski definition) is 3. The summed E-state index contributed by atoms with van der Waals surface area (Å²) in [6.07, 6.45) is 0.824. The highest BCUT2D eigenvalue weighted by Crippen LogP contribution is 2.12. The average Bonchev–Trinajstić information content (AvgIpc) is 2.40. The molecule has 1 heterocycles. The van der Waals surface area contributed by atoms with Gasteiger partial charge in [0.25, 0.3) is 0 Å². The van der Waals surface area contributed by atoms with Crippen molar-refractivity contribution in [1.29, 1.82) is 0 Å². The van der Waals surface area contributed by atoms with Crippen LogP contribution >= 0.6 is 0 Å². The zero-order chi connectivity index (χ0) is 12.1. The Morgan fingerprint density at radius 3 is 2.88 bits per heavy atom. The summed E-state index contributed by atoms with van der Waals surface area (Å²) in [7, 11) is 0. The molecule has 0 amide bonds. The molecule has 0 saturated carbocycles. The van der Waals surface area contributed by atoms with E-state index in [1.165, 1.54) is 0 Å². The quantitative estimate of drug-likeness (QED) is 0.745. The summed E-state index contributed by atoms with van der Waals surface area (Å²) in [6.45, 7) is 5.52. The SMILES string of the molecule is CCCN1CCOC(C(=O)c2ccccc2)C1. The molecule has 1 aliphatic heterocycles. The molecule has 1 atom stereocenters. The normalized spacial score (nSPS) is 21.4. The minimum Gasteiger partial charge on any atom is -0.367 e. The smallest absolute Gasteiger partial charge is 0.192 e. The maximum atomic E-state index is 12.2. The van der Waals surface area contributed by atoms with Crippen LogP contribution in [0.15, 0.2) is 30.3 Å². The molecule has 0 spiro atoms. The van der Waals surface area contributed by atoms with Gasteiger partial charge >= 0.3 is 0 Å². The van der Waals surface area contributed by atoms with E-state index in [0.29, 0.717) is 6.61 Å². The van der Waals surface area contributed by atoms with Crippen molar-refractivity contribution in [2.75, 3.05) is 26.2 Å². The van der Waals surface area contributed by atoms with E-state index in [2.05, 4.69) is 11.8 Å². The van der Waals surface area contributed by atoms with E-state index in [1.807, 2.05) is 30.3 Å². The molecule has 92 valence electrons. The Morgan fingerprint density at radius 1 is 1.41 bits per heavy atom. The lowest BCUT2D eigenvalue weighted by Crippen LogP contribution is -2.46. The van der Waals surface area contributed by atoms with Gasteiger partial charge in [0.2, 0.25) is 0 Å². The second kappa shape index (κ2) is 5.94. The van der Waals surface area contributed by atoms with Crippen molar-refractivity contribution in [2.45, 2.75) is 19.4 Å². The van der Waals surface area contributed by atoms with Gasteiger partial charge in [0.05, 0.1) is 6.61 Å². The number of Topliss-reactive ketones (excluding diaryl/α,β-unsaturated/α-hetero) is 1. The van der Waals surface area contributed by atoms with E-state index < -0.39 is 0 Å². The molecule has 2 rings (SSSR count). The number of hydrogen-bond donors (Lipinski definition) is 0. The third-order valence-corrected chi connectivity index (χ3v) is 3.04. The number of ether oxygens (including phenoxy) is 1. The highest BCUT2D eigenvalue weighted by Gasteiger charge is 2.26. The van der Waals surface area contributed by atoms with Crippen molar-refractivity contribution in [3.05, 3.63) is 35.9 Å². The first-order valence-corrected chi connectivity index (χ1v) is 6.24. The minimum atomic E-state index is -0.294. The minimum absolute atomic E-state index is 0.103. The predicted molar refractivity (Wildman–Crippen MR) is 67.2 cm³/mol. The number of benzene rings is 1. The topological polar surface area (TPSA) is 29.5 Å². The van der Waals surface area contributed by atoms with Crippen LogP contribution in [0.4, 0.5) is 0 Å². The number of nitrogens with zero attached hydrogens (tertiary/aromatic N) is 1. The lowest BCUT2D eigenvalue weighted by atomic mass is 10.0. The van der Waals surface area contributed by atoms with Crippen LogP contribution in [0, 0.1) is 0 Å². The van der Waals surface area contributed by atoms with Gasteiger partial charge in [-0.3, -0.25) is 9.69 Å². The second-order valence-electron chi connectivity index (χ2n) is 4.39. The van der Waals surface area contributed by atoms with Gasteiger partial charge in [-0.2, -0.15) is 0 Å². The van der Waals surface area contributed by atoms with E-state index in [0.717, 1.165) is 31.6 Å². The number of carbonyl (C=O) groups is 1. The molecule has 0 bridgehead atoms. The van der Waals surface area contributed by atoms with Gasteiger partial charge in [-0.15, -0.1) is 0 Å². The number of rotatable bonds is 4. The molecule has 3 nitrogen and oxygen atoms in total. The second-order valence-corrected chi connectivity index (χ2v) is 4.39. The summed E-state index contributed by atoms with van der Waals surface area (Å²) < 4.78 is 5.58. The summed E-state index contributed by atoms with van der Waals surface area (Å²) >= 11 is 0. The molecule has 17 heavy (non-hydrogen) atoms. The average molecular weight is 233 g/mol. The molecule has 0 radical (unpaired) electrons. The fourth-order valence-electron chi connectivity index (χ4n) is 2.17. The fourth-order valence-corrected chi connectivity index (χ4v) is 2.17. The molecular weight excluding hydrogens is 214 g/mol. The van der Waals surface area contributed by atoms with Crippen LogP contribution < -0.4 is 0 Å². The third kappa shape index (κ3) is 3.14. The summed E-state index contributed by atoms with van der Waals surface area (Å²) in [5, 5.41) is 0. The fraction of sp³-hybridized carbons (Fsp3) is 0.500. The summed E-state index contributed by atoms with van der Waals surface area (Å²) in [6, 6.07) is 9.40. The van der Waals surface area contributed by atoms with E-state index in [-0.39, 0.29) is 11.9 Å². The van der Waals surface area contributed by atoms with Crippen LogP contribution in [0.2, 0.25) is 0 Å². The molecule has 0 aliphatic carbocycles. The standard InChI is InChI=1S/C14H19NO2/c1-2-8-15-9-10-17-13(11-15)14(16)12-6-4-3-5-7-12/h3-7,13H,2,8-11H2,1H3. The van der Waals surface area contributed by atoms with Crippen LogP contribution in [0.5, 0.6) is 0 Å². The first kappa shape index (κ1) is 12.3. The van der Waals surface area contributed by atoms with Crippen LogP contribution in [0.1, 0.15) is 23.7 Å². The van der Waals surface area contributed by atoms with Gasteiger partial charge in [-0.05, 0) is 13.0 Å². The molecule has 0 N–H and O–H groups in total. The van der Waals surface area contributed by atoms with E-state index in [1.54, 1.807) is 0 Å². The highest BCUT2D eigenvalue weighted by molar-refractivity contribution is 5.99. The monoisotopic (exact) mass is 233 g/mol. The predicted octanol–water partition coefficient (Wildman–Crippen LogP) is 1.98. The van der Waals surface area contributed by atoms with Crippen LogP contribution in [-0.2, 0) is 4.74 Å². The first-order valence-electron chi connectivity index (χ1n) is 6.24. The first-order chi connectivity index (χ1) is 8.31. The molecule has 3 heteroatoms. The maximum Gasteiger partial charge on any atom is 0.192 e. The van der Waals surface area contributed by atoms with Gasteiger partial charge in [-0.1, -0.05) is 37.3 Å². The largest absolute Gasteiger partial charge is 0.367 e. The molecule has 1 aromatic rings. The van der Waals surface area contributed by atoms with Crippen LogP contribution in [0.25, 0.3) is 0 Å². The van der Waals surface area contributed by atoms with Crippen molar-refractivity contribution < 1.29 is 9.53 Å². The van der Waals surface area contributed by atoms with Gasteiger partial charge in [0.1, 0.15) is 6.10 Å². The zero-order valence-corrected chi connectivity index (χ0v) is 10.3. The molecule has 1 saturated heterocycles. The molecule has 1 unspecified atom stereocenters. The third-order valence-electron chi connectivity index (χ3n) is 3.04. The van der Waals surface area contributed by atoms with E-state index in [4.69, 9.17) is 4.74 Å². The highest BCUT2D eigenvalue weighted by atomic mass is 16.5. The van der Waals surface area contributed by atoms with Crippen molar-refractivity contribution in [2.24, 2.45) is 0 Å². The molecule has 0 aromatic heterocycles. The number of morpholine rings is 1. The van der Waals surface area contributed by atoms with Gasteiger partial charge in [-0.25, -0.2) is 0 Å². The Balaban J connectivity index is 2.00. The Labute approximate surface area is 102 Å². The maximum absolute atomic E-state index is 12.2. The van der Waals surface area contributed by atoms with Gasteiger partial charge in [0, 0.05) is 18.7 Å². The Kier molecular flexibility index (Phi) is 4.29. The summed E-state index contributed by atoms with van der Waals surface area (Å²) in [5.41, 5.74) is 0.746. The molecular formula is C14H19NO2. The van der Waals surface area contributed by atoms with Crippen LogP contribution in [-0.4, -0.2) is 43.0 Å². The Bertz CT molecular complexity index is 362. The van der Waals surface area contributed by atoms with Crippen molar-refractivity contribution in [3.8, 4) is 0 Å². The lowest BCUT2D eigenvalue weighted by Gasteiger charge is -2.31. The summed E-state index contributed by atoms with van der Waals surface area (Å²) in [5.74, 6) is 0.103. The van der Waals surface area contributed by atoms with E-state index in [9.17, 15) is 4.79 Å². The van der Waals surface area contributed by atoms with Crippen molar-refractivity contribution >= 4 is 5.78 Å². The number of carbonyl (C=O) groups excluding carboxylic acids is 1. The molecule has 1 aromatic carbocycles. The Hall–Kier alpha value is -1.19. The molecule has 1 fully saturated rings. The van der Waals surface area contributed by atoms with E-state index >= 15 is 0 Å². The number of ketones is 1.